The molecule has 2 amide bonds. The van der Waals surface area contributed by atoms with Gasteiger partial charge in [0.2, 0.25) is 11.8 Å². The molecule has 0 aromatic heterocycles. The monoisotopic (exact) mass is 676 g/mol. The normalized spacial score (nSPS) is 15.4. The van der Waals surface area contributed by atoms with E-state index in [0.29, 0.717) is 0 Å². The van der Waals surface area contributed by atoms with Crippen LogP contribution in [-0.2, 0) is 9.59 Å². The summed E-state index contributed by atoms with van der Waals surface area (Å²) in [5.41, 5.74) is 9.51. The van der Waals surface area contributed by atoms with Gasteiger partial charge in [0, 0.05) is 75.6 Å². The van der Waals surface area contributed by atoms with Crippen molar-refractivity contribution in [3.63, 3.8) is 0 Å². The highest BCUT2D eigenvalue weighted by Gasteiger charge is 2.21. The van der Waals surface area contributed by atoms with E-state index < -0.39 is 0 Å². The standard InChI is InChI=1S/C39H48N4O2.2ClH/c1-30-26-36(27-31(2)34(30)5)12-7-9-14-38(44)42-22-18-40(19-23-42)16-11-17-41-20-24-43(25-21-41)39(45)15-10-8-13-37-28-32(3)35(6)33(4)29-37;;/h9-10,14-15,26-29H,11,16-25H2,1-6H3;2*1H/b14-9+,15-10+;;. The second kappa shape index (κ2) is 19.3. The summed E-state index contributed by atoms with van der Waals surface area (Å²) in [6.45, 7) is 21.3. The Morgan fingerprint density at radius 1 is 0.574 bits per heavy atom. The lowest BCUT2D eigenvalue weighted by atomic mass is 10.0. The maximum absolute atomic E-state index is 12.6. The summed E-state index contributed by atoms with van der Waals surface area (Å²) in [6.07, 6.45) is 7.62. The quantitative estimate of drug-likeness (QED) is 0.296. The number of benzene rings is 2. The molecule has 4 rings (SSSR count). The molecule has 252 valence electrons. The average Bonchev–Trinajstić information content (AvgIpc) is 3.03. The Kier molecular flexibility index (Phi) is 16.3. The number of hydrogen-bond acceptors (Lipinski definition) is 4. The zero-order valence-electron chi connectivity index (χ0n) is 28.8. The van der Waals surface area contributed by atoms with E-state index in [1.54, 1.807) is 24.3 Å². The van der Waals surface area contributed by atoms with E-state index in [4.69, 9.17) is 0 Å². The minimum atomic E-state index is 0. The highest BCUT2D eigenvalue weighted by Crippen LogP contribution is 2.16. The molecule has 0 unspecified atom stereocenters. The summed E-state index contributed by atoms with van der Waals surface area (Å²) in [4.78, 5) is 34.0. The van der Waals surface area contributed by atoms with E-state index in [1.807, 2.05) is 9.80 Å². The Bertz CT molecular complexity index is 1410. The molecule has 2 saturated heterocycles. The average molecular weight is 678 g/mol. The summed E-state index contributed by atoms with van der Waals surface area (Å²) in [5.74, 6) is 12.4. The van der Waals surface area contributed by atoms with E-state index in [0.717, 1.165) is 83.0 Å². The van der Waals surface area contributed by atoms with Crippen LogP contribution in [0, 0.1) is 65.2 Å². The van der Waals surface area contributed by atoms with Crippen molar-refractivity contribution in [2.24, 2.45) is 0 Å². The summed E-state index contributed by atoms with van der Waals surface area (Å²) >= 11 is 0. The van der Waals surface area contributed by atoms with Gasteiger partial charge in [-0.15, -0.1) is 24.8 Å². The number of amides is 2. The highest BCUT2D eigenvalue weighted by molar-refractivity contribution is 5.88. The maximum atomic E-state index is 12.6. The molecule has 0 N–H and O–H groups in total. The first-order valence-corrected chi connectivity index (χ1v) is 16.1. The molecule has 2 aromatic carbocycles. The van der Waals surface area contributed by atoms with Crippen molar-refractivity contribution in [1.29, 1.82) is 0 Å². The van der Waals surface area contributed by atoms with Crippen LogP contribution in [0.4, 0.5) is 0 Å². The lowest BCUT2D eigenvalue weighted by Gasteiger charge is -2.36. The molecule has 47 heavy (non-hydrogen) atoms. The molecule has 0 radical (unpaired) electrons. The second-order valence-electron chi connectivity index (χ2n) is 12.4. The number of rotatable bonds is 6. The molecular formula is C39H50Cl2N4O2. The lowest BCUT2D eigenvalue weighted by molar-refractivity contribution is -0.128. The predicted octanol–water partition coefficient (Wildman–Crippen LogP) is 5.57. The van der Waals surface area contributed by atoms with Crippen LogP contribution in [0.25, 0.3) is 0 Å². The molecule has 0 saturated carbocycles. The van der Waals surface area contributed by atoms with E-state index >= 15 is 0 Å². The number of piperazine rings is 2. The molecular weight excluding hydrogens is 627 g/mol. The molecule has 6 nitrogen and oxygen atoms in total. The van der Waals surface area contributed by atoms with Crippen LogP contribution in [0.15, 0.2) is 48.6 Å². The molecule has 2 aliphatic rings. The van der Waals surface area contributed by atoms with Crippen molar-refractivity contribution in [2.75, 3.05) is 65.4 Å². The van der Waals surface area contributed by atoms with Gasteiger partial charge in [-0.3, -0.25) is 19.4 Å². The zero-order valence-corrected chi connectivity index (χ0v) is 30.5. The first-order chi connectivity index (χ1) is 21.6. The molecule has 2 aliphatic heterocycles. The van der Waals surface area contributed by atoms with Crippen LogP contribution >= 0.6 is 24.8 Å². The zero-order chi connectivity index (χ0) is 32.3. The molecule has 2 heterocycles. The van der Waals surface area contributed by atoms with Gasteiger partial charge < -0.3 is 9.80 Å². The Morgan fingerprint density at radius 3 is 1.21 bits per heavy atom. The topological polar surface area (TPSA) is 47.1 Å². The molecule has 2 aromatic rings. The van der Waals surface area contributed by atoms with Gasteiger partial charge in [-0.1, -0.05) is 23.7 Å². The first kappa shape index (κ1) is 39.7. The van der Waals surface area contributed by atoms with Gasteiger partial charge in [-0.05, 0) is 131 Å². The highest BCUT2D eigenvalue weighted by atomic mass is 35.5. The third-order valence-electron chi connectivity index (χ3n) is 9.22. The fourth-order valence-electron chi connectivity index (χ4n) is 5.80. The number of allylic oxidation sites excluding steroid dienone is 2. The number of carbonyl (C=O) groups excluding carboxylic acids is 2. The minimum Gasteiger partial charge on any atom is -0.337 e. The van der Waals surface area contributed by atoms with Gasteiger partial charge in [0.25, 0.3) is 0 Å². The minimum absolute atomic E-state index is 0. The summed E-state index contributed by atoms with van der Waals surface area (Å²) in [6, 6.07) is 8.37. The number of nitrogens with zero attached hydrogens (tertiary/aromatic N) is 4. The Morgan fingerprint density at radius 2 is 0.894 bits per heavy atom. The third kappa shape index (κ3) is 11.9. The van der Waals surface area contributed by atoms with Crippen LogP contribution in [0.3, 0.4) is 0 Å². The third-order valence-corrected chi connectivity index (χ3v) is 9.22. The number of aryl methyl sites for hydroxylation is 4. The number of hydrogen-bond donors (Lipinski definition) is 0. The fraction of sp³-hybridized carbons (Fsp3) is 0.436. The first-order valence-electron chi connectivity index (χ1n) is 16.1. The van der Waals surface area contributed by atoms with Gasteiger partial charge in [-0.25, -0.2) is 0 Å². The molecule has 0 aliphatic carbocycles. The van der Waals surface area contributed by atoms with Crippen molar-refractivity contribution >= 4 is 36.6 Å². The van der Waals surface area contributed by atoms with Crippen LogP contribution in [0.2, 0.25) is 0 Å². The van der Waals surface area contributed by atoms with Crippen molar-refractivity contribution in [3.8, 4) is 23.7 Å². The molecule has 0 bridgehead atoms. The Labute approximate surface area is 295 Å². The van der Waals surface area contributed by atoms with Crippen molar-refractivity contribution in [1.82, 2.24) is 19.6 Å². The van der Waals surface area contributed by atoms with Crippen LogP contribution in [-0.4, -0.2) is 96.9 Å². The maximum Gasteiger partial charge on any atom is 0.247 e. The van der Waals surface area contributed by atoms with Crippen LogP contribution < -0.4 is 0 Å². The SMILES string of the molecule is Cc1cc(C#C/C=C/C(=O)N2CCN(CCCN3CCN(C(=O)/C=C/C#Cc4cc(C)c(C)c(C)c4)CC3)CC2)cc(C)c1C.Cl.Cl. The van der Waals surface area contributed by atoms with Crippen LogP contribution in [0.5, 0.6) is 0 Å². The molecule has 8 heteroatoms. The largest absolute Gasteiger partial charge is 0.337 e. The van der Waals surface area contributed by atoms with Crippen molar-refractivity contribution in [2.45, 2.75) is 48.0 Å². The van der Waals surface area contributed by atoms with E-state index in [2.05, 4.69) is 99.3 Å². The van der Waals surface area contributed by atoms with E-state index in [-0.39, 0.29) is 36.6 Å². The fourth-order valence-corrected chi connectivity index (χ4v) is 5.80. The van der Waals surface area contributed by atoms with E-state index in [1.165, 1.54) is 33.4 Å². The summed E-state index contributed by atoms with van der Waals surface area (Å²) < 4.78 is 0. The van der Waals surface area contributed by atoms with Crippen LogP contribution in [0.1, 0.15) is 50.9 Å². The van der Waals surface area contributed by atoms with Gasteiger partial charge in [0.05, 0.1) is 0 Å². The Hall–Kier alpha value is -3.52. The van der Waals surface area contributed by atoms with Gasteiger partial charge >= 0.3 is 0 Å². The van der Waals surface area contributed by atoms with Gasteiger partial charge in [0.15, 0.2) is 0 Å². The summed E-state index contributed by atoms with van der Waals surface area (Å²) in [5, 5.41) is 0. The number of halogens is 2. The van der Waals surface area contributed by atoms with E-state index in [9.17, 15) is 9.59 Å². The lowest BCUT2D eigenvalue weighted by Crippen LogP contribution is -2.50. The smallest absolute Gasteiger partial charge is 0.247 e. The van der Waals surface area contributed by atoms with Gasteiger partial charge in [-0.2, -0.15) is 0 Å². The molecule has 2 fully saturated rings. The second-order valence-corrected chi connectivity index (χ2v) is 12.4. The van der Waals surface area contributed by atoms with Crippen molar-refractivity contribution < 1.29 is 9.59 Å². The summed E-state index contributed by atoms with van der Waals surface area (Å²) in [7, 11) is 0. The van der Waals surface area contributed by atoms with Crippen molar-refractivity contribution in [3.05, 3.63) is 93.1 Å². The number of carbonyl (C=O) groups is 2. The Balaban J connectivity index is 0.00000384. The predicted molar refractivity (Wildman–Crippen MR) is 198 cm³/mol. The molecule has 0 spiro atoms. The van der Waals surface area contributed by atoms with Gasteiger partial charge in [0.1, 0.15) is 0 Å². The molecule has 0 atom stereocenters.